The van der Waals surface area contributed by atoms with E-state index in [4.69, 9.17) is 14.2 Å². The minimum atomic E-state index is -1.16. The van der Waals surface area contributed by atoms with Crippen LogP contribution in [-0.4, -0.2) is 55.9 Å². The van der Waals surface area contributed by atoms with Crippen molar-refractivity contribution in [1.82, 2.24) is 10.2 Å². The number of carbonyl (C=O) groups is 1. The molecule has 0 radical (unpaired) electrons. The third-order valence-corrected chi connectivity index (χ3v) is 10.4. The summed E-state index contributed by atoms with van der Waals surface area (Å²) in [5.74, 6) is -0.258. The summed E-state index contributed by atoms with van der Waals surface area (Å²) in [4.78, 5) is 15.3. The van der Waals surface area contributed by atoms with Crippen LogP contribution in [0.4, 0.5) is 13.2 Å². The second-order valence-corrected chi connectivity index (χ2v) is 15.0. The van der Waals surface area contributed by atoms with Crippen LogP contribution in [0.2, 0.25) is 0 Å². The summed E-state index contributed by atoms with van der Waals surface area (Å²) < 4.78 is 58.8. The number of halogens is 3. The van der Waals surface area contributed by atoms with E-state index in [0.29, 0.717) is 61.8 Å². The van der Waals surface area contributed by atoms with Crippen LogP contribution in [0, 0.1) is 35.2 Å². The van der Waals surface area contributed by atoms with E-state index >= 15 is 0 Å². The lowest BCUT2D eigenvalue weighted by Crippen LogP contribution is -2.33. The molecule has 1 heterocycles. The molecular weight excluding hydrogens is 629 g/mol. The van der Waals surface area contributed by atoms with Crippen molar-refractivity contribution in [1.29, 1.82) is 0 Å². The van der Waals surface area contributed by atoms with E-state index in [-0.39, 0.29) is 23.5 Å². The molecule has 264 valence electrons. The molecule has 1 aliphatic heterocycles. The number of rotatable bonds is 15. The minimum Gasteiger partial charge on any atom is -0.492 e. The van der Waals surface area contributed by atoms with Gasteiger partial charge in [0.15, 0.2) is 17.7 Å². The molecule has 2 aliphatic carbocycles. The van der Waals surface area contributed by atoms with E-state index < -0.39 is 23.6 Å². The number of hydrogen-bond donors (Lipinski definition) is 1. The maximum absolute atomic E-state index is 14.0. The van der Waals surface area contributed by atoms with E-state index in [1.165, 1.54) is 31.2 Å². The first-order valence-electron chi connectivity index (χ1n) is 17.8. The zero-order chi connectivity index (χ0) is 34.5. The lowest BCUT2D eigenvalue weighted by Gasteiger charge is -2.21. The Morgan fingerprint density at radius 3 is 2.20 bits per heavy atom. The summed E-state index contributed by atoms with van der Waals surface area (Å²) in [5, 5.41) is 3.56. The molecule has 4 atom stereocenters. The van der Waals surface area contributed by atoms with Gasteiger partial charge in [-0.05, 0) is 71.0 Å². The van der Waals surface area contributed by atoms with Crippen LogP contribution in [0.1, 0.15) is 69.6 Å². The van der Waals surface area contributed by atoms with Crippen molar-refractivity contribution in [2.24, 2.45) is 17.8 Å². The molecule has 6 nitrogen and oxygen atoms in total. The number of piperidine rings is 1. The van der Waals surface area contributed by atoms with Crippen LogP contribution in [-0.2, 0) is 27.9 Å². The Labute approximate surface area is 288 Å². The zero-order valence-electron chi connectivity index (χ0n) is 28.9. The van der Waals surface area contributed by atoms with Gasteiger partial charge in [0.2, 0.25) is 0 Å². The maximum Gasteiger partial charge on any atom is 0.347 e. The second-order valence-electron chi connectivity index (χ2n) is 15.0. The Hall–Kier alpha value is -3.56. The predicted molar refractivity (Wildman–Crippen MR) is 183 cm³/mol. The summed E-state index contributed by atoms with van der Waals surface area (Å²) >= 11 is 0. The van der Waals surface area contributed by atoms with Gasteiger partial charge in [0.05, 0.1) is 6.61 Å². The molecule has 0 aromatic heterocycles. The molecule has 3 aromatic carbocycles. The summed E-state index contributed by atoms with van der Waals surface area (Å²) in [5.41, 5.74) is 2.36. The highest BCUT2D eigenvalue weighted by Gasteiger charge is 2.55. The van der Waals surface area contributed by atoms with Crippen LogP contribution in [0.15, 0.2) is 60.7 Å². The summed E-state index contributed by atoms with van der Waals surface area (Å²) in [7, 11) is 0. The number of nitrogens with one attached hydrogen (secondary N) is 1. The molecule has 1 N–H and O–H groups in total. The lowest BCUT2D eigenvalue weighted by atomic mass is 9.87. The molecule has 3 aromatic rings. The summed E-state index contributed by atoms with van der Waals surface area (Å²) in [6.07, 6.45) is 5.50. The topological polar surface area (TPSA) is 60.0 Å². The van der Waals surface area contributed by atoms with Crippen LogP contribution >= 0.6 is 0 Å². The van der Waals surface area contributed by atoms with Gasteiger partial charge in [-0.2, -0.15) is 0 Å². The number of ether oxygens (including phenoxy) is 3. The van der Waals surface area contributed by atoms with E-state index in [2.05, 4.69) is 31.0 Å². The van der Waals surface area contributed by atoms with Crippen molar-refractivity contribution in [2.75, 3.05) is 32.8 Å². The first-order valence-corrected chi connectivity index (χ1v) is 17.8. The van der Waals surface area contributed by atoms with Gasteiger partial charge in [-0.25, -0.2) is 18.0 Å². The van der Waals surface area contributed by atoms with Crippen LogP contribution in [0.3, 0.4) is 0 Å². The van der Waals surface area contributed by atoms with Gasteiger partial charge in [-0.1, -0.05) is 70.7 Å². The lowest BCUT2D eigenvalue weighted by molar-refractivity contribution is -0.152. The van der Waals surface area contributed by atoms with E-state index in [1.807, 2.05) is 48.5 Å². The number of hydrogen-bond acceptors (Lipinski definition) is 6. The second kappa shape index (κ2) is 15.5. The Kier molecular flexibility index (Phi) is 11.2. The Bertz CT molecular complexity index is 1540. The first-order chi connectivity index (χ1) is 23.5. The molecule has 6 rings (SSSR count). The quantitative estimate of drug-likeness (QED) is 0.102. The van der Waals surface area contributed by atoms with E-state index in [9.17, 15) is 18.0 Å². The van der Waals surface area contributed by atoms with Crippen molar-refractivity contribution >= 4 is 5.97 Å². The average Bonchev–Trinajstić information content (AvgIpc) is 3.40. The Morgan fingerprint density at radius 1 is 0.878 bits per heavy atom. The first kappa shape index (κ1) is 35.3. The van der Waals surface area contributed by atoms with E-state index in [0.717, 1.165) is 36.9 Å². The van der Waals surface area contributed by atoms with Gasteiger partial charge < -0.3 is 19.5 Å². The normalized spacial score (nSPS) is 21.4. The van der Waals surface area contributed by atoms with Crippen molar-refractivity contribution in [2.45, 2.75) is 83.4 Å². The zero-order valence-corrected chi connectivity index (χ0v) is 28.9. The standard InChI is InChI=1S/C40H49F3N2O4/c1-40(2,3)29-10-14-31(15-11-29)49-37(39(46)48-18-16-26-6-4-5-7-26)20-27-8-12-30(13-9-27)47-19-17-44-38-32-24-45(25-33(32)38)23-28-21-35(42)36(43)22-34(28)41/h8-15,21-22,26,32-33,37-38,44H,4-7,16-20,23-25H2,1-3H3/t32-,33?,37-,38?/m0/s1. The van der Waals surface area contributed by atoms with Crippen LogP contribution < -0.4 is 14.8 Å². The Balaban J connectivity index is 0.945. The Morgan fingerprint density at radius 2 is 1.53 bits per heavy atom. The molecule has 2 unspecified atom stereocenters. The SMILES string of the molecule is CC(C)(C)c1ccc(O[C@@H](Cc2ccc(OCCNC3C4CN(Cc5cc(F)c(F)cc5F)C[C@@H]43)cc2)C(=O)OCCC2CCCC2)cc1. The van der Waals surface area contributed by atoms with Gasteiger partial charge in [-0.15, -0.1) is 0 Å². The maximum atomic E-state index is 14.0. The number of fused-ring (bicyclic) bond motifs is 1. The largest absolute Gasteiger partial charge is 0.492 e. The van der Waals surface area contributed by atoms with Crippen molar-refractivity contribution < 1.29 is 32.2 Å². The van der Waals surface area contributed by atoms with Gasteiger partial charge in [0.25, 0.3) is 0 Å². The van der Waals surface area contributed by atoms with Gasteiger partial charge in [0.1, 0.15) is 23.9 Å². The molecule has 3 fully saturated rings. The number of benzene rings is 3. The van der Waals surface area contributed by atoms with Gasteiger partial charge in [0, 0.05) is 50.3 Å². The molecule has 9 heteroatoms. The fourth-order valence-corrected chi connectivity index (χ4v) is 7.39. The molecule has 0 bridgehead atoms. The van der Waals surface area contributed by atoms with Gasteiger partial charge >= 0.3 is 5.97 Å². The molecular formula is C40H49F3N2O4. The third kappa shape index (κ3) is 9.37. The molecule has 0 spiro atoms. The third-order valence-electron chi connectivity index (χ3n) is 10.4. The monoisotopic (exact) mass is 678 g/mol. The number of carbonyl (C=O) groups excluding carboxylic acids is 1. The summed E-state index contributed by atoms with van der Waals surface area (Å²) in [6.45, 7) is 9.98. The molecule has 2 saturated carbocycles. The van der Waals surface area contributed by atoms with Crippen molar-refractivity contribution in [3.8, 4) is 11.5 Å². The number of likely N-dealkylation sites (tertiary alicyclic amines) is 1. The fourth-order valence-electron chi connectivity index (χ4n) is 7.39. The van der Waals surface area contributed by atoms with Crippen molar-refractivity contribution in [3.05, 3.63) is 94.8 Å². The van der Waals surface area contributed by atoms with Gasteiger partial charge in [-0.3, -0.25) is 4.90 Å². The molecule has 1 saturated heterocycles. The van der Waals surface area contributed by atoms with Crippen LogP contribution in [0.5, 0.6) is 11.5 Å². The summed E-state index contributed by atoms with van der Waals surface area (Å²) in [6, 6.07) is 17.7. The van der Waals surface area contributed by atoms with E-state index in [1.54, 1.807) is 0 Å². The predicted octanol–water partition coefficient (Wildman–Crippen LogP) is 7.61. The molecule has 0 amide bonds. The van der Waals surface area contributed by atoms with Crippen LogP contribution in [0.25, 0.3) is 0 Å². The smallest absolute Gasteiger partial charge is 0.347 e. The number of esters is 1. The fraction of sp³-hybridized carbons (Fsp3) is 0.525. The van der Waals surface area contributed by atoms with Crippen molar-refractivity contribution in [3.63, 3.8) is 0 Å². The minimum absolute atomic E-state index is 0.0233. The number of nitrogens with zero attached hydrogens (tertiary/aromatic N) is 1. The molecule has 3 aliphatic rings. The highest BCUT2D eigenvalue weighted by molar-refractivity contribution is 5.75. The average molecular weight is 679 g/mol. The molecule has 49 heavy (non-hydrogen) atoms. The highest BCUT2D eigenvalue weighted by atomic mass is 19.2. The highest BCUT2D eigenvalue weighted by Crippen LogP contribution is 2.46.